The monoisotopic (exact) mass is 398 g/mol. The lowest BCUT2D eigenvalue weighted by Crippen LogP contribution is -2.31. The number of ether oxygens (including phenoxy) is 1. The first kappa shape index (κ1) is 19.3. The van der Waals surface area contributed by atoms with Gasteiger partial charge in [-0.25, -0.2) is 4.98 Å². The maximum atomic E-state index is 13.4. The van der Waals surface area contributed by atoms with Crippen LogP contribution in [0, 0.1) is 29.1 Å². The third-order valence-corrected chi connectivity index (χ3v) is 5.52. The predicted octanol–water partition coefficient (Wildman–Crippen LogP) is 2.92. The van der Waals surface area contributed by atoms with Crippen molar-refractivity contribution < 1.29 is 13.9 Å². The number of amides is 1. The zero-order valence-electron chi connectivity index (χ0n) is 15.9. The number of nitriles is 1. The predicted molar refractivity (Wildman–Crippen MR) is 103 cm³/mol. The van der Waals surface area contributed by atoms with E-state index < -0.39 is 11.9 Å². The van der Waals surface area contributed by atoms with E-state index in [2.05, 4.69) is 21.5 Å². The van der Waals surface area contributed by atoms with E-state index in [-0.39, 0.29) is 29.4 Å². The van der Waals surface area contributed by atoms with Gasteiger partial charge in [0.2, 0.25) is 5.95 Å². The molecular weight excluding hydrogens is 375 g/mol. The zero-order chi connectivity index (χ0) is 20.4. The molecule has 2 aliphatic rings. The molecule has 2 aliphatic carbocycles. The second-order valence-electron chi connectivity index (χ2n) is 7.74. The van der Waals surface area contributed by atoms with Crippen LogP contribution in [-0.2, 0) is 4.74 Å². The van der Waals surface area contributed by atoms with Crippen molar-refractivity contribution in [3.63, 3.8) is 0 Å². The number of hydrogen-bond acceptors (Lipinski definition) is 6. The van der Waals surface area contributed by atoms with Crippen LogP contribution in [0.2, 0.25) is 0 Å². The smallest absolute Gasteiger partial charge is 0.254 e. The minimum absolute atomic E-state index is 0.0834. The van der Waals surface area contributed by atoms with Crippen LogP contribution in [-0.4, -0.2) is 33.4 Å². The van der Waals surface area contributed by atoms with Crippen molar-refractivity contribution in [3.8, 4) is 6.07 Å². The average Bonchev–Trinajstić information content (AvgIpc) is 3.44. The van der Waals surface area contributed by atoms with Crippen LogP contribution < -0.4 is 11.1 Å². The van der Waals surface area contributed by atoms with E-state index in [0.717, 1.165) is 19.4 Å². The summed E-state index contributed by atoms with van der Waals surface area (Å²) in [5.41, 5.74) is 6.09. The molecule has 2 saturated carbocycles. The number of pyridine rings is 1. The number of carbonyl (C=O) groups is 1. The van der Waals surface area contributed by atoms with E-state index in [4.69, 9.17) is 10.5 Å². The van der Waals surface area contributed by atoms with E-state index in [1.54, 1.807) is 16.9 Å². The Labute approximate surface area is 167 Å². The second kappa shape index (κ2) is 8.17. The Balaban J connectivity index is 1.51. The molecule has 2 fully saturated rings. The summed E-state index contributed by atoms with van der Waals surface area (Å²) in [6.45, 7) is 0.775. The molecular formula is C20H23FN6O2. The van der Waals surface area contributed by atoms with E-state index >= 15 is 0 Å². The molecule has 9 heteroatoms. The van der Waals surface area contributed by atoms with Crippen LogP contribution in [0.5, 0.6) is 0 Å². The van der Waals surface area contributed by atoms with Crippen molar-refractivity contribution in [2.45, 2.75) is 44.2 Å². The lowest BCUT2D eigenvalue weighted by Gasteiger charge is -2.32. The molecule has 152 valence electrons. The summed E-state index contributed by atoms with van der Waals surface area (Å²) in [6.07, 6.45) is 7.61. The number of nitrogens with two attached hydrogens (primary N) is 1. The molecule has 2 aromatic heterocycles. The fourth-order valence-electron chi connectivity index (χ4n) is 3.73. The largest absolute Gasteiger partial charge is 0.378 e. The molecule has 4 rings (SSSR count). The fourth-order valence-corrected chi connectivity index (χ4v) is 3.73. The van der Waals surface area contributed by atoms with Crippen LogP contribution in [0.3, 0.4) is 0 Å². The van der Waals surface area contributed by atoms with Crippen molar-refractivity contribution in [2.24, 2.45) is 17.6 Å². The maximum absolute atomic E-state index is 13.4. The van der Waals surface area contributed by atoms with Crippen molar-refractivity contribution >= 4 is 17.4 Å². The highest BCUT2D eigenvalue weighted by molar-refractivity contribution is 5.98. The summed E-state index contributed by atoms with van der Waals surface area (Å²) >= 11 is 0. The van der Waals surface area contributed by atoms with Crippen LogP contribution in [0.15, 0.2) is 24.5 Å². The Hall–Kier alpha value is -2.99. The van der Waals surface area contributed by atoms with Crippen LogP contribution in [0.1, 0.15) is 48.5 Å². The molecule has 3 N–H and O–H groups in total. The van der Waals surface area contributed by atoms with E-state index in [0.29, 0.717) is 18.0 Å². The van der Waals surface area contributed by atoms with Gasteiger partial charge in [0.15, 0.2) is 5.82 Å². The Morgan fingerprint density at radius 2 is 2.24 bits per heavy atom. The van der Waals surface area contributed by atoms with Gasteiger partial charge in [0.1, 0.15) is 5.56 Å². The lowest BCUT2D eigenvalue weighted by atomic mass is 9.83. The van der Waals surface area contributed by atoms with Gasteiger partial charge in [-0.2, -0.15) is 14.8 Å². The molecule has 0 unspecified atom stereocenters. The normalized spacial score (nSPS) is 24.1. The number of nitrogens with one attached hydrogen (secondary N) is 1. The third kappa shape index (κ3) is 4.54. The molecule has 29 heavy (non-hydrogen) atoms. The minimum atomic E-state index is -0.650. The molecule has 0 aromatic carbocycles. The third-order valence-electron chi connectivity index (χ3n) is 5.52. The quantitative estimate of drug-likeness (QED) is 0.692. The Bertz CT molecular complexity index is 935. The number of anilines is 2. The van der Waals surface area contributed by atoms with Crippen molar-refractivity contribution in [2.75, 3.05) is 11.9 Å². The number of primary amides is 1. The molecule has 2 aromatic rings. The highest BCUT2D eigenvalue weighted by atomic mass is 19.1. The summed E-state index contributed by atoms with van der Waals surface area (Å²) in [7, 11) is 0. The molecule has 0 spiro atoms. The average molecular weight is 398 g/mol. The van der Waals surface area contributed by atoms with Gasteiger partial charge in [-0.3, -0.25) is 9.48 Å². The van der Waals surface area contributed by atoms with Gasteiger partial charge in [-0.05, 0) is 44.1 Å². The number of hydrogen-bond donors (Lipinski definition) is 2. The molecule has 0 saturated heterocycles. The number of rotatable bonds is 7. The highest BCUT2D eigenvalue weighted by Crippen LogP contribution is 2.37. The summed E-state index contributed by atoms with van der Waals surface area (Å²) < 4.78 is 21.0. The maximum Gasteiger partial charge on any atom is 0.254 e. The molecule has 0 aliphatic heterocycles. The number of nitrogens with zero attached hydrogens (tertiary/aromatic N) is 4. The Morgan fingerprint density at radius 1 is 1.41 bits per heavy atom. The molecule has 1 amide bonds. The summed E-state index contributed by atoms with van der Waals surface area (Å²) in [5, 5.41) is 17.1. The van der Waals surface area contributed by atoms with E-state index in [1.807, 2.05) is 0 Å². The van der Waals surface area contributed by atoms with Gasteiger partial charge in [-0.15, -0.1) is 0 Å². The standard InChI is InChI=1S/C20H23FN6O2/c21-18-8-14(5-6-24-18)25-20-16(19(23)28)10-27(26-20)17-4-3-15(7-13(17)9-22)29-11-12-1-2-12/h5-6,8,10,12-13,15,17H,1-4,7,11H2,(H2,23,28)(H,24,25,26)/t13-,15+,17+/m0/s1. The van der Waals surface area contributed by atoms with Gasteiger partial charge >= 0.3 is 0 Å². The summed E-state index contributed by atoms with van der Waals surface area (Å²) in [6, 6.07) is 4.95. The van der Waals surface area contributed by atoms with Gasteiger partial charge in [0, 0.05) is 30.8 Å². The van der Waals surface area contributed by atoms with Crippen LogP contribution >= 0.6 is 0 Å². The SMILES string of the molecule is N#C[C@@H]1C[C@H](OCC2CC2)CC[C@H]1n1cc(C(N)=O)c(Nc2ccnc(F)c2)n1. The number of carbonyl (C=O) groups excluding carboxylic acids is 1. The first-order valence-electron chi connectivity index (χ1n) is 9.82. The van der Waals surface area contributed by atoms with Gasteiger partial charge in [0.05, 0.1) is 24.1 Å². The zero-order valence-corrected chi connectivity index (χ0v) is 15.9. The summed E-state index contributed by atoms with van der Waals surface area (Å²) in [5.74, 6) is -0.664. The minimum Gasteiger partial charge on any atom is -0.378 e. The second-order valence-corrected chi connectivity index (χ2v) is 7.74. The topological polar surface area (TPSA) is 119 Å². The summed E-state index contributed by atoms with van der Waals surface area (Å²) in [4.78, 5) is 15.4. The highest BCUT2D eigenvalue weighted by Gasteiger charge is 2.34. The van der Waals surface area contributed by atoms with Gasteiger partial charge in [0.25, 0.3) is 5.91 Å². The Kier molecular flexibility index (Phi) is 5.45. The van der Waals surface area contributed by atoms with Gasteiger partial charge < -0.3 is 15.8 Å². The lowest BCUT2D eigenvalue weighted by molar-refractivity contribution is 0.00154. The molecule has 3 atom stereocenters. The molecule has 0 bridgehead atoms. The molecule has 8 nitrogen and oxygen atoms in total. The van der Waals surface area contributed by atoms with E-state index in [9.17, 15) is 14.4 Å². The van der Waals surface area contributed by atoms with Crippen molar-refractivity contribution in [1.29, 1.82) is 5.26 Å². The number of halogens is 1. The fraction of sp³-hybridized carbons (Fsp3) is 0.500. The van der Waals surface area contributed by atoms with Crippen molar-refractivity contribution in [1.82, 2.24) is 14.8 Å². The van der Waals surface area contributed by atoms with Crippen LogP contribution in [0.25, 0.3) is 0 Å². The number of aromatic nitrogens is 3. The van der Waals surface area contributed by atoms with Gasteiger partial charge in [-0.1, -0.05) is 0 Å². The molecule has 0 radical (unpaired) electrons. The van der Waals surface area contributed by atoms with Crippen molar-refractivity contribution in [3.05, 3.63) is 36.0 Å². The van der Waals surface area contributed by atoms with Crippen LogP contribution in [0.4, 0.5) is 15.9 Å². The first-order chi connectivity index (χ1) is 14.0. The Morgan fingerprint density at radius 3 is 2.93 bits per heavy atom. The van der Waals surface area contributed by atoms with E-state index in [1.165, 1.54) is 25.1 Å². The first-order valence-corrected chi connectivity index (χ1v) is 9.82. The molecule has 2 heterocycles.